The zero-order valence-electron chi connectivity index (χ0n) is 20.5. The molecule has 1 spiro atoms. The summed E-state index contributed by atoms with van der Waals surface area (Å²) in [5.41, 5.74) is 0.942. The maximum Gasteiger partial charge on any atom is 0.240 e. The summed E-state index contributed by atoms with van der Waals surface area (Å²) < 4.78 is 42.5. The number of halogens is 1. The Labute approximate surface area is 215 Å². The highest BCUT2D eigenvalue weighted by Gasteiger charge is 2.53. The number of benzene rings is 2. The summed E-state index contributed by atoms with van der Waals surface area (Å²) in [6.07, 6.45) is 2.51. The number of carbonyl (C=O) groups is 1. The van der Waals surface area contributed by atoms with Crippen molar-refractivity contribution in [3.8, 4) is 0 Å². The Hall–Kier alpha value is -2.40. The number of carbonyl (C=O) groups excluding carboxylic acids is 1. The maximum absolute atomic E-state index is 13.4. The van der Waals surface area contributed by atoms with Crippen LogP contribution in [-0.2, 0) is 20.6 Å². The lowest BCUT2D eigenvalue weighted by Gasteiger charge is -2.39. The summed E-state index contributed by atoms with van der Waals surface area (Å²) in [5, 5.41) is 3.30. The molecule has 1 aromatic heterocycles. The summed E-state index contributed by atoms with van der Waals surface area (Å²) >= 11 is 1.26. The van der Waals surface area contributed by atoms with E-state index in [1.165, 1.54) is 23.5 Å². The van der Waals surface area contributed by atoms with E-state index in [0.29, 0.717) is 21.9 Å². The van der Waals surface area contributed by atoms with E-state index in [-0.39, 0.29) is 29.4 Å². The highest BCUT2D eigenvalue weighted by molar-refractivity contribution is 7.88. The zero-order valence-corrected chi connectivity index (χ0v) is 22.2. The van der Waals surface area contributed by atoms with Crippen molar-refractivity contribution in [3.63, 3.8) is 0 Å². The Bertz CT molecular complexity index is 1370. The largest absolute Gasteiger partial charge is 0.301 e. The number of aromatic nitrogens is 1. The van der Waals surface area contributed by atoms with Crippen molar-refractivity contribution in [1.29, 1.82) is 0 Å². The van der Waals surface area contributed by atoms with Gasteiger partial charge in [0.05, 0.1) is 22.5 Å². The molecule has 0 unspecified atom stereocenters. The quantitative estimate of drug-likeness (QED) is 0.509. The van der Waals surface area contributed by atoms with Crippen LogP contribution in [0.5, 0.6) is 0 Å². The predicted molar refractivity (Wildman–Crippen MR) is 141 cm³/mol. The van der Waals surface area contributed by atoms with Crippen LogP contribution in [0.1, 0.15) is 38.7 Å². The van der Waals surface area contributed by atoms with Crippen LogP contribution >= 0.6 is 11.3 Å². The predicted octanol–water partition coefficient (Wildman–Crippen LogP) is 4.47. The SMILES string of the molecule is CC1(C)CC2(CCN(CC(=O)Nc3nc4ccc(F)cc4s3)CC2)CN1S(=O)(=O)Cc1ccccc1. The van der Waals surface area contributed by atoms with Crippen molar-refractivity contribution in [2.75, 3.05) is 31.5 Å². The Morgan fingerprint density at radius 1 is 1.14 bits per heavy atom. The third-order valence-corrected chi connectivity index (χ3v) is 10.3. The third-order valence-electron chi connectivity index (χ3n) is 7.37. The first-order chi connectivity index (χ1) is 17.0. The minimum atomic E-state index is -3.45. The van der Waals surface area contributed by atoms with Crippen LogP contribution in [0.4, 0.5) is 9.52 Å². The van der Waals surface area contributed by atoms with Gasteiger partial charge in [-0.3, -0.25) is 9.69 Å². The molecule has 2 fully saturated rings. The number of amides is 1. The van der Waals surface area contributed by atoms with Crippen molar-refractivity contribution in [1.82, 2.24) is 14.2 Å². The lowest BCUT2D eigenvalue weighted by atomic mass is 9.74. The van der Waals surface area contributed by atoms with Crippen LogP contribution in [0, 0.1) is 11.2 Å². The third kappa shape index (κ3) is 5.32. The minimum absolute atomic E-state index is 0.0120. The molecule has 36 heavy (non-hydrogen) atoms. The fourth-order valence-corrected chi connectivity index (χ4v) is 8.72. The summed E-state index contributed by atoms with van der Waals surface area (Å²) in [6, 6.07) is 13.7. The molecule has 10 heteroatoms. The lowest BCUT2D eigenvalue weighted by molar-refractivity contribution is -0.117. The van der Waals surface area contributed by atoms with E-state index in [1.54, 1.807) is 10.4 Å². The molecule has 5 rings (SSSR count). The summed E-state index contributed by atoms with van der Waals surface area (Å²) in [7, 11) is -3.45. The number of sulfonamides is 1. The number of hydrogen-bond acceptors (Lipinski definition) is 6. The van der Waals surface area contributed by atoms with Gasteiger partial charge in [-0.25, -0.2) is 17.8 Å². The van der Waals surface area contributed by atoms with Gasteiger partial charge >= 0.3 is 0 Å². The van der Waals surface area contributed by atoms with Crippen molar-refractivity contribution < 1.29 is 17.6 Å². The van der Waals surface area contributed by atoms with Gasteiger partial charge in [-0.2, -0.15) is 4.31 Å². The molecular formula is C26H31FN4O3S2. The molecular weight excluding hydrogens is 499 g/mol. The Morgan fingerprint density at radius 3 is 2.58 bits per heavy atom. The standard InChI is InChI=1S/C26H31FN4O3S2/c1-25(2)17-26(18-31(25)36(33,34)16-19-6-4-3-5-7-19)10-12-30(13-11-26)15-23(32)29-24-28-21-9-8-20(27)14-22(21)35-24/h3-9,14H,10-13,15-18H2,1-2H3,(H,28,29,32). The monoisotopic (exact) mass is 530 g/mol. The van der Waals surface area contributed by atoms with Crippen LogP contribution in [0.15, 0.2) is 48.5 Å². The van der Waals surface area contributed by atoms with Crippen molar-refractivity contribution in [2.45, 2.75) is 44.4 Å². The highest BCUT2D eigenvalue weighted by Crippen LogP contribution is 2.49. The molecule has 0 aliphatic carbocycles. The van der Waals surface area contributed by atoms with Gasteiger partial charge in [-0.05, 0) is 75.4 Å². The average Bonchev–Trinajstić information content (AvgIpc) is 3.32. The number of rotatable bonds is 6. The second-order valence-corrected chi connectivity index (χ2v) is 13.6. The molecule has 1 amide bonds. The van der Waals surface area contributed by atoms with E-state index in [9.17, 15) is 17.6 Å². The number of fused-ring (bicyclic) bond motifs is 1. The molecule has 2 aliphatic rings. The molecule has 2 aromatic carbocycles. The molecule has 2 aliphatic heterocycles. The second kappa shape index (κ2) is 9.48. The van der Waals surface area contributed by atoms with E-state index < -0.39 is 15.6 Å². The molecule has 0 saturated carbocycles. The molecule has 1 N–H and O–H groups in total. The fraction of sp³-hybridized carbons (Fsp3) is 0.462. The Kier molecular flexibility index (Phi) is 6.65. The van der Waals surface area contributed by atoms with E-state index in [1.807, 2.05) is 44.2 Å². The minimum Gasteiger partial charge on any atom is -0.301 e. The average molecular weight is 531 g/mol. The lowest BCUT2D eigenvalue weighted by Crippen LogP contribution is -2.45. The molecule has 3 heterocycles. The fourth-order valence-electron chi connectivity index (χ4n) is 5.75. The van der Waals surface area contributed by atoms with Crippen LogP contribution in [-0.4, -0.2) is 60.2 Å². The van der Waals surface area contributed by atoms with Crippen LogP contribution in [0.2, 0.25) is 0 Å². The topological polar surface area (TPSA) is 82.6 Å². The van der Waals surface area contributed by atoms with Gasteiger partial charge in [0.1, 0.15) is 5.82 Å². The highest BCUT2D eigenvalue weighted by atomic mass is 32.2. The first kappa shape index (κ1) is 25.3. The van der Waals surface area contributed by atoms with E-state index >= 15 is 0 Å². The zero-order chi connectivity index (χ0) is 25.6. The smallest absolute Gasteiger partial charge is 0.240 e. The number of piperidine rings is 1. The normalized spacial score (nSPS) is 20.2. The number of anilines is 1. The van der Waals surface area contributed by atoms with Crippen molar-refractivity contribution in [3.05, 3.63) is 59.9 Å². The summed E-state index contributed by atoms with van der Waals surface area (Å²) in [4.78, 5) is 19.1. The molecule has 7 nitrogen and oxygen atoms in total. The summed E-state index contributed by atoms with van der Waals surface area (Å²) in [5.74, 6) is -0.463. The van der Waals surface area contributed by atoms with Crippen LogP contribution in [0.3, 0.4) is 0 Å². The Morgan fingerprint density at radius 2 is 1.86 bits per heavy atom. The van der Waals surface area contributed by atoms with Gasteiger partial charge in [0.25, 0.3) is 0 Å². The first-order valence-electron chi connectivity index (χ1n) is 12.2. The summed E-state index contributed by atoms with van der Waals surface area (Å²) in [6.45, 7) is 6.29. The van der Waals surface area contributed by atoms with Gasteiger partial charge in [0, 0.05) is 12.1 Å². The van der Waals surface area contributed by atoms with Gasteiger partial charge in [0.2, 0.25) is 15.9 Å². The molecule has 0 bridgehead atoms. The van der Waals surface area contributed by atoms with Crippen LogP contribution in [0.25, 0.3) is 10.2 Å². The molecule has 3 aromatic rings. The number of likely N-dealkylation sites (tertiary alicyclic amines) is 1. The van der Waals surface area contributed by atoms with Gasteiger partial charge in [-0.1, -0.05) is 41.7 Å². The van der Waals surface area contributed by atoms with Crippen LogP contribution < -0.4 is 5.32 Å². The van der Waals surface area contributed by atoms with Gasteiger partial charge < -0.3 is 5.32 Å². The molecule has 2 saturated heterocycles. The first-order valence-corrected chi connectivity index (χ1v) is 14.6. The van der Waals surface area contributed by atoms with Crippen molar-refractivity contribution in [2.24, 2.45) is 5.41 Å². The molecule has 0 radical (unpaired) electrons. The van der Waals surface area contributed by atoms with E-state index in [0.717, 1.165) is 37.9 Å². The second-order valence-electron chi connectivity index (χ2n) is 10.7. The van der Waals surface area contributed by atoms with E-state index in [4.69, 9.17) is 0 Å². The van der Waals surface area contributed by atoms with Gasteiger partial charge in [-0.15, -0.1) is 0 Å². The van der Waals surface area contributed by atoms with Crippen molar-refractivity contribution >= 4 is 42.6 Å². The maximum atomic E-state index is 13.4. The number of thiazole rings is 1. The number of nitrogens with one attached hydrogen (secondary N) is 1. The number of hydrogen-bond donors (Lipinski definition) is 1. The number of nitrogens with zero attached hydrogens (tertiary/aromatic N) is 3. The molecule has 0 atom stereocenters. The van der Waals surface area contributed by atoms with E-state index in [2.05, 4.69) is 15.2 Å². The van der Waals surface area contributed by atoms with Gasteiger partial charge in [0.15, 0.2) is 5.13 Å². The molecule has 192 valence electrons. The Balaban J connectivity index is 1.18.